The van der Waals surface area contributed by atoms with E-state index >= 15 is 0 Å². The number of unbranched alkanes of at least 4 members (excludes halogenated alkanes) is 8. The molecular formula is C13H23Cl. The van der Waals surface area contributed by atoms with Gasteiger partial charge in [0.2, 0.25) is 0 Å². The first-order valence-electron chi connectivity index (χ1n) is 5.93. The Kier molecular flexibility index (Phi) is 12.7. The molecule has 0 unspecified atom stereocenters. The topological polar surface area (TPSA) is 0 Å². The summed E-state index contributed by atoms with van der Waals surface area (Å²) in [6.45, 7) is 2.26. The molecule has 0 aromatic heterocycles. The van der Waals surface area contributed by atoms with E-state index in [1.165, 1.54) is 51.4 Å². The van der Waals surface area contributed by atoms with Gasteiger partial charge in [-0.1, -0.05) is 57.8 Å². The Balaban J connectivity index is 2.92. The van der Waals surface area contributed by atoms with E-state index in [9.17, 15) is 0 Å². The molecule has 0 rings (SSSR count). The highest BCUT2D eigenvalue weighted by Crippen LogP contribution is 2.08. The van der Waals surface area contributed by atoms with Gasteiger partial charge in [-0.3, -0.25) is 0 Å². The van der Waals surface area contributed by atoms with Crippen LogP contribution in [0.25, 0.3) is 0 Å². The molecule has 0 amide bonds. The molecule has 0 atom stereocenters. The Labute approximate surface area is 94.4 Å². The number of hydrogen-bond acceptors (Lipinski definition) is 0. The molecule has 0 radical (unpaired) electrons. The molecule has 1 heteroatoms. The van der Waals surface area contributed by atoms with Crippen molar-refractivity contribution in [3.8, 4) is 11.8 Å². The monoisotopic (exact) mass is 214 g/mol. The average Bonchev–Trinajstić information content (AvgIpc) is 2.21. The molecule has 0 aliphatic rings. The predicted octanol–water partition coefficient (Wildman–Crippen LogP) is 4.76. The molecule has 14 heavy (non-hydrogen) atoms. The van der Waals surface area contributed by atoms with Gasteiger partial charge >= 0.3 is 0 Å². The van der Waals surface area contributed by atoms with Crippen molar-refractivity contribution in [1.82, 2.24) is 0 Å². The fourth-order valence-electron chi connectivity index (χ4n) is 1.48. The van der Waals surface area contributed by atoms with Crippen LogP contribution < -0.4 is 0 Å². The van der Waals surface area contributed by atoms with Crippen molar-refractivity contribution in [3.63, 3.8) is 0 Å². The Morgan fingerprint density at radius 2 is 1.36 bits per heavy atom. The minimum atomic E-state index is 0.483. The van der Waals surface area contributed by atoms with E-state index < -0.39 is 0 Å². The van der Waals surface area contributed by atoms with Gasteiger partial charge < -0.3 is 0 Å². The lowest BCUT2D eigenvalue weighted by Gasteiger charge is -1.99. The Morgan fingerprint density at radius 1 is 0.786 bits per heavy atom. The second-order valence-corrected chi connectivity index (χ2v) is 3.98. The minimum absolute atomic E-state index is 0.483. The van der Waals surface area contributed by atoms with Crippen LogP contribution in [0.3, 0.4) is 0 Å². The maximum absolute atomic E-state index is 5.44. The molecule has 0 bridgehead atoms. The van der Waals surface area contributed by atoms with Crippen molar-refractivity contribution in [2.24, 2.45) is 0 Å². The Morgan fingerprint density at radius 3 is 1.93 bits per heavy atom. The van der Waals surface area contributed by atoms with E-state index in [1.807, 2.05) is 0 Å². The van der Waals surface area contributed by atoms with Crippen LogP contribution in [0.1, 0.15) is 64.7 Å². The van der Waals surface area contributed by atoms with Crippen LogP contribution >= 0.6 is 11.6 Å². The van der Waals surface area contributed by atoms with Crippen LogP contribution in [0.4, 0.5) is 0 Å². The lowest BCUT2D eigenvalue weighted by molar-refractivity contribution is 0.579. The first-order valence-corrected chi connectivity index (χ1v) is 6.47. The van der Waals surface area contributed by atoms with Gasteiger partial charge in [-0.2, -0.15) is 0 Å². The van der Waals surface area contributed by atoms with Crippen LogP contribution in [0, 0.1) is 11.8 Å². The highest BCUT2D eigenvalue weighted by Gasteiger charge is 1.89. The summed E-state index contributed by atoms with van der Waals surface area (Å²) in [4.78, 5) is 0. The van der Waals surface area contributed by atoms with Crippen LogP contribution in [0.2, 0.25) is 0 Å². The quantitative estimate of drug-likeness (QED) is 0.311. The van der Waals surface area contributed by atoms with Gasteiger partial charge in [-0.25, -0.2) is 0 Å². The first-order chi connectivity index (χ1) is 6.91. The smallest absolute Gasteiger partial charge is 0.0835 e. The summed E-state index contributed by atoms with van der Waals surface area (Å²) in [5.74, 6) is 6.43. The zero-order valence-corrected chi connectivity index (χ0v) is 10.2. The number of rotatable bonds is 8. The fraction of sp³-hybridized carbons (Fsp3) is 0.846. The standard InChI is InChI=1S/C13H23Cl/c1-2-3-4-5-6-7-8-9-10-11-12-13-14/h2-10,13H2,1H3. The average molecular weight is 215 g/mol. The highest BCUT2D eigenvalue weighted by molar-refractivity contribution is 6.19. The highest BCUT2D eigenvalue weighted by atomic mass is 35.5. The van der Waals surface area contributed by atoms with Crippen molar-refractivity contribution >= 4 is 11.6 Å². The number of hydrogen-bond donors (Lipinski definition) is 0. The lowest BCUT2D eigenvalue weighted by Crippen LogP contribution is -1.80. The summed E-state index contributed by atoms with van der Waals surface area (Å²) in [6.07, 6.45) is 12.0. The molecule has 0 heterocycles. The molecule has 0 aromatic rings. The van der Waals surface area contributed by atoms with Crippen molar-refractivity contribution in [3.05, 3.63) is 0 Å². The van der Waals surface area contributed by atoms with Crippen LogP contribution in [-0.2, 0) is 0 Å². The molecule has 82 valence electrons. The van der Waals surface area contributed by atoms with E-state index in [1.54, 1.807) is 0 Å². The SMILES string of the molecule is CCCCCCCCCCC#CCCl. The third kappa shape index (κ3) is 11.8. The number of alkyl halides is 1. The van der Waals surface area contributed by atoms with Gasteiger partial charge in [0.1, 0.15) is 0 Å². The fourth-order valence-corrected chi connectivity index (χ4v) is 1.58. The van der Waals surface area contributed by atoms with Crippen molar-refractivity contribution in [2.75, 3.05) is 5.88 Å². The molecule has 0 saturated carbocycles. The summed E-state index contributed by atoms with van der Waals surface area (Å²) < 4.78 is 0. The van der Waals surface area contributed by atoms with E-state index in [4.69, 9.17) is 11.6 Å². The summed E-state index contributed by atoms with van der Waals surface area (Å²) in [6, 6.07) is 0. The van der Waals surface area contributed by atoms with Crippen molar-refractivity contribution in [2.45, 2.75) is 64.7 Å². The maximum Gasteiger partial charge on any atom is 0.0835 e. The predicted molar refractivity (Wildman–Crippen MR) is 65.7 cm³/mol. The van der Waals surface area contributed by atoms with Gasteiger partial charge in [-0.05, 0) is 6.42 Å². The van der Waals surface area contributed by atoms with E-state index in [2.05, 4.69) is 18.8 Å². The Bertz CT molecular complexity index is 152. The van der Waals surface area contributed by atoms with Crippen LogP contribution in [0.5, 0.6) is 0 Å². The van der Waals surface area contributed by atoms with Crippen LogP contribution in [-0.4, -0.2) is 5.88 Å². The normalized spacial score (nSPS) is 9.57. The van der Waals surface area contributed by atoms with E-state index in [-0.39, 0.29) is 0 Å². The summed E-state index contributed by atoms with van der Waals surface area (Å²) in [7, 11) is 0. The van der Waals surface area contributed by atoms with E-state index in [0.29, 0.717) is 5.88 Å². The van der Waals surface area contributed by atoms with Gasteiger partial charge in [-0.15, -0.1) is 17.5 Å². The molecule has 0 aromatic carbocycles. The maximum atomic E-state index is 5.44. The Hall–Kier alpha value is -0.150. The zero-order valence-electron chi connectivity index (χ0n) is 9.45. The van der Waals surface area contributed by atoms with Gasteiger partial charge in [0.05, 0.1) is 5.88 Å². The number of halogens is 1. The molecular weight excluding hydrogens is 192 g/mol. The van der Waals surface area contributed by atoms with E-state index in [0.717, 1.165) is 6.42 Å². The summed E-state index contributed by atoms with van der Waals surface area (Å²) in [5.41, 5.74) is 0. The van der Waals surface area contributed by atoms with Gasteiger partial charge in [0.25, 0.3) is 0 Å². The zero-order chi connectivity index (χ0) is 10.5. The van der Waals surface area contributed by atoms with Crippen molar-refractivity contribution < 1.29 is 0 Å². The lowest BCUT2D eigenvalue weighted by atomic mass is 10.1. The molecule has 0 fully saturated rings. The minimum Gasteiger partial charge on any atom is -0.113 e. The van der Waals surface area contributed by atoms with Crippen LogP contribution in [0.15, 0.2) is 0 Å². The second-order valence-electron chi connectivity index (χ2n) is 3.71. The second kappa shape index (κ2) is 12.8. The largest absolute Gasteiger partial charge is 0.113 e. The molecule has 0 aliphatic heterocycles. The molecule has 0 N–H and O–H groups in total. The summed E-state index contributed by atoms with van der Waals surface area (Å²) in [5, 5.41) is 0. The molecule has 0 nitrogen and oxygen atoms in total. The van der Waals surface area contributed by atoms with Crippen molar-refractivity contribution in [1.29, 1.82) is 0 Å². The molecule has 0 aliphatic carbocycles. The van der Waals surface area contributed by atoms with Gasteiger partial charge in [0, 0.05) is 6.42 Å². The molecule has 0 spiro atoms. The molecule has 0 saturated heterocycles. The van der Waals surface area contributed by atoms with Gasteiger partial charge in [0.15, 0.2) is 0 Å². The summed E-state index contributed by atoms with van der Waals surface area (Å²) >= 11 is 5.44. The third-order valence-corrected chi connectivity index (χ3v) is 2.48. The third-order valence-electron chi connectivity index (χ3n) is 2.35. The first kappa shape index (κ1) is 13.8.